The van der Waals surface area contributed by atoms with Crippen LogP contribution in [0.3, 0.4) is 0 Å². The predicted molar refractivity (Wildman–Crippen MR) is 117 cm³/mol. The maximum Gasteiger partial charge on any atom is 0.228 e. The molecule has 1 amide bonds. The summed E-state index contributed by atoms with van der Waals surface area (Å²) in [5.74, 6) is 0.983. The first kappa shape index (κ1) is 23.9. The largest absolute Gasteiger partial charge is 0.342 e. The zero-order chi connectivity index (χ0) is 17.5. The lowest BCUT2D eigenvalue weighted by Gasteiger charge is -2.32. The molecule has 0 saturated carbocycles. The number of amides is 1. The van der Waals surface area contributed by atoms with Crippen LogP contribution >= 0.6 is 36.2 Å². The molecule has 1 aromatic heterocycles. The monoisotopic (exact) mass is 429 g/mol. The molecule has 1 aliphatic heterocycles. The van der Waals surface area contributed by atoms with Crippen LogP contribution in [0, 0.1) is 5.92 Å². The standard InChI is InChI=1S/C20H27N3OS.2ClH/c1-21-10-7-16-8-11-23(12-9-16)20(24)14-18-15-25-19(22-18)13-17-5-3-2-4-6-17;;/h2-6,15-16,21H,7-14H2,1H3;2*1H. The van der Waals surface area contributed by atoms with Crippen LogP contribution in [0.2, 0.25) is 0 Å². The molecule has 0 radical (unpaired) electrons. The Hall–Kier alpha value is -1.14. The van der Waals surface area contributed by atoms with Crippen molar-refractivity contribution in [1.82, 2.24) is 15.2 Å². The van der Waals surface area contributed by atoms with E-state index in [1.807, 2.05) is 35.5 Å². The van der Waals surface area contributed by atoms with E-state index in [2.05, 4.69) is 22.4 Å². The van der Waals surface area contributed by atoms with Gasteiger partial charge in [0.1, 0.15) is 0 Å². The van der Waals surface area contributed by atoms with Crippen LogP contribution in [-0.2, 0) is 17.6 Å². The van der Waals surface area contributed by atoms with Gasteiger partial charge in [-0.2, -0.15) is 0 Å². The van der Waals surface area contributed by atoms with Crippen LogP contribution in [0.5, 0.6) is 0 Å². The predicted octanol–water partition coefficient (Wildman–Crippen LogP) is 3.97. The molecule has 0 bridgehead atoms. The van der Waals surface area contributed by atoms with Crippen LogP contribution < -0.4 is 5.32 Å². The van der Waals surface area contributed by atoms with Gasteiger partial charge in [0.2, 0.25) is 5.91 Å². The van der Waals surface area contributed by atoms with Crippen molar-refractivity contribution < 1.29 is 4.79 Å². The van der Waals surface area contributed by atoms with Crippen LogP contribution in [0.4, 0.5) is 0 Å². The second kappa shape index (κ2) is 12.3. The summed E-state index contributed by atoms with van der Waals surface area (Å²) in [5, 5.41) is 6.33. The highest BCUT2D eigenvalue weighted by molar-refractivity contribution is 7.09. The highest BCUT2D eigenvalue weighted by Crippen LogP contribution is 2.21. The van der Waals surface area contributed by atoms with Crippen molar-refractivity contribution in [3.8, 4) is 0 Å². The summed E-state index contributed by atoms with van der Waals surface area (Å²) < 4.78 is 0. The minimum atomic E-state index is 0. The Morgan fingerprint density at radius 1 is 1.22 bits per heavy atom. The molecule has 7 heteroatoms. The van der Waals surface area contributed by atoms with Crippen molar-refractivity contribution in [2.45, 2.75) is 32.1 Å². The summed E-state index contributed by atoms with van der Waals surface area (Å²) in [4.78, 5) is 19.2. The van der Waals surface area contributed by atoms with Crippen LogP contribution in [0.15, 0.2) is 35.7 Å². The summed E-state index contributed by atoms with van der Waals surface area (Å²) in [7, 11) is 2.00. The number of carbonyl (C=O) groups is 1. The Morgan fingerprint density at radius 3 is 2.59 bits per heavy atom. The van der Waals surface area contributed by atoms with Gasteiger partial charge >= 0.3 is 0 Å². The molecule has 0 atom stereocenters. The van der Waals surface area contributed by atoms with Gasteiger partial charge in [-0.25, -0.2) is 4.98 Å². The third kappa shape index (κ3) is 7.41. The molecule has 2 aromatic rings. The molecule has 1 N–H and O–H groups in total. The zero-order valence-corrected chi connectivity index (χ0v) is 18.2. The van der Waals surface area contributed by atoms with Crippen LogP contribution in [-0.4, -0.2) is 42.5 Å². The maximum absolute atomic E-state index is 12.5. The first-order valence-electron chi connectivity index (χ1n) is 9.14. The van der Waals surface area contributed by atoms with Gasteiger partial charge in [-0.3, -0.25) is 4.79 Å². The molecular weight excluding hydrogens is 401 g/mol. The number of carbonyl (C=O) groups excluding carboxylic acids is 1. The minimum absolute atomic E-state index is 0. The van der Waals surface area contributed by atoms with E-state index in [0.717, 1.165) is 55.5 Å². The van der Waals surface area contributed by atoms with Gasteiger partial charge in [-0.05, 0) is 44.3 Å². The van der Waals surface area contributed by atoms with Crippen molar-refractivity contribution in [1.29, 1.82) is 0 Å². The fourth-order valence-electron chi connectivity index (χ4n) is 3.37. The highest BCUT2D eigenvalue weighted by Gasteiger charge is 2.23. The maximum atomic E-state index is 12.5. The SMILES string of the molecule is CNCCC1CCN(C(=O)Cc2csc(Cc3ccccc3)n2)CC1.Cl.Cl. The molecule has 2 heterocycles. The second-order valence-electron chi connectivity index (χ2n) is 6.79. The van der Waals surface area contributed by atoms with E-state index in [1.165, 1.54) is 12.0 Å². The summed E-state index contributed by atoms with van der Waals surface area (Å²) >= 11 is 1.65. The van der Waals surface area contributed by atoms with Crippen molar-refractivity contribution >= 4 is 42.1 Å². The average Bonchev–Trinajstić information content (AvgIpc) is 3.08. The number of nitrogens with one attached hydrogen (secondary N) is 1. The summed E-state index contributed by atoms with van der Waals surface area (Å²) in [6.07, 6.45) is 4.75. The number of rotatable bonds is 7. The molecule has 1 fully saturated rings. The van der Waals surface area contributed by atoms with Crippen LogP contribution in [0.25, 0.3) is 0 Å². The van der Waals surface area contributed by atoms with E-state index >= 15 is 0 Å². The third-order valence-corrected chi connectivity index (χ3v) is 5.80. The first-order chi connectivity index (χ1) is 12.2. The molecule has 1 aliphatic rings. The highest BCUT2D eigenvalue weighted by atomic mass is 35.5. The Labute approximate surface area is 178 Å². The number of likely N-dealkylation sites (tertiary alicyclic amines) is 1. The van der Waals surface area contributed by atoms with E-state index in [0.29, 0.717) is 6.42 Å². The number of nitrogens with zero attached hydrogens (tertiary/aromatic N) is 2. The summed E-state index contributed by atoms with van der Waals surface area (Å²) in [6.45, 7) is 2.87. The number of aromatic nitrogens is 1. The van der Waals surface area contributed by atoms with E-state index < -0.39 is 0 Å². The fraction of sp³-hybridized carbons (Fsp3) is 0.500. The smallest absolute Gasteiger partial charge is 0.228 e. The number of hydrogen-bond donors (Lipinski definition) is 1. The second-order valence-corrected chi connectivity index (χ2v) is 7.73. The summed E-state index contributed by atoms with van der Waals surface area (Å²) in [5.41, 5.74) is 2.18. The minimum Gasteiger partial charge on any atom is -0.342 e. The lowest BCUT2D eigenvalue weighted by atomic mass is 9.93. The normalized spacial score (nSPS) is 14.3. The number of hydrogen-bond acceptors (Lipinski definition) is 4. The lowest BCUT2D eigenvalue weighted by Crippen LogP contribution is -2.39. The molecule has 150 valence electrons. The van der Waals surface area contributed by atoms with E-state index in [-0.39, 0.29) is 30.7 Å². The lowest BCUT2D eigenvalue weighted by molar-refractivity contribution is -0.131. The molecule has 0 spiro atoms. The quantitative estimate of drug-likeness (QED) is 0.723. The Bertz CT molecular complexity index is 673. The topological polar surface area (TPSA) is 45.2 Å². The average molecular weight is 430 g/mol. The zero-order valence-electron chi connectivity index (χ0n) is 15.7. The van der Waals surface area contributed by atoms with Gasteiger partial charge < -0.3 is 10.2 Å². The van der Waals surface area contributed by atoms with Gasteiger partial charge in [0.25, 0.3) is 0 Å². The Morgan fingerprint density at radius 2 is 1.93 bits per heavy atom. The fourth-order valence-corrected chi connectivity index (χ4v) is 4.20. The molecule has 3 rings (SSSR count). The van der Waals surface area contributed by atoms with E-state index in [1.54, 1.807) is 11.3 Å². The van der Waals surface area contributed by atoms with E-state index in [4.69, 9.17) is 0 Å². The molecule has 0 aliphatic carbocycles. The molecule has 1 saturated heterocycles. The van der Waals surface area contributed by atoms with Gasteiger partial charge in [-0.1, -0.05) is 30.3 Å². The van der Waals surface area contributed by atoms with Gasteiger partial charge in [0, 0.05) is 24.9 Å². The third-order valence-electron chi connectivity index (χ3n) is 4.90. The van der Waals surface area contributed by atoms with Crippen molar-refractivity contribution in [3.63, 3.8) is 0 Å². The number of halogens is 2. The number of benzene rings is 1. The number of thiazole rings is 1. The molecule has 27 heavy (non-hydrogen) atoms. The molecular formula is C20H29Cl2N3OS. The van der Waals surface area contributed by atoms with Gasteiger partial charge in [0.05, 0.1) is 17.1 Å². The molecule has 0 unspecified atom stereocenters. The Balaban J connectivity index is 0.00000182. The molecule has 4 nitrogen and oxygen atoms in total. The van der Waals surface area contributed by atoms with Gasteiger partial charge in [-0.15, -0.1) is 36.2 Å². The molecule has 1 aromatic carbocycles. The first-order valence-corrected chi connectivity index (χ1v) is 10.0. The summed E-state index contributed by atoms with van der Waals surface area (Å²) in [6, 6.07) is 10.4. The Kier molecular flexibility index (Phi) is 10.9. The van der Waals surface area contributed by atoms with Crippen LogP contribution in [0.1, 0.15) is 35.5 Å². The number of piperidine rings is 1. The van der Waals surface area contributed by atoms with Crippen molar-refractivity contribution in [3.05, 3.63) is 52.0 Å². The van der Waals surface area contributed by atoms with Gasteiger partial charge in [0.15, 0.2) is 0 Å². The van der Waals surface area contributed by atoms with Crippen molar-refractivity contribution in [2.75, 3.05) is 26.7 Å². The van der Waals surface area contributed by atoms with Crippen molar-refractivity contribution in [2.24, 2.45) is 5.92 Å². The van der Waals surface area contributed by atoms with E-state index in [9.17, 15) is 4.79 Å².